The van der Waals surface area contributed by atoms with Gasteiger partial charge in [-0.1, -0.05) is 17.7 Å². The van der Waals surface area contributed by atoms with Crippen molar-refractivity contribution in [3.63, 3.8) is 0 Å². The van der Waals surface area contributed by atoms with Crippen LogP contribution in [-0.4, -0.2) is 9.55 Å². The summed E-state index contributed by atoms with van der Waals surface area (Å²) in [5, 5.41) is 9.28. The summed E-state index contributed by atoms with van der Waals surface area (Å²) in [7, 11) is 0. The summed E-state index contributed by atoms with van der Waals surface area (Å²) in [5.41, 5.74) is 2.40. The minimum Gasteiger partial charge on any atom is -0.291 e. The number of hydrogen-bond donors (Lipinski definition) is 0. The Hall–Kier alpha value is -1.64. The van der Waals surface area contributed by atoms with Crippen LogP contribution < -0.4 is 5.69 Å². The number of nitrogens with zero attached hydrogens (tertiary/aromatic N) is 3. The van der Waals surface area contributed by atoms with Crippen LogP contribution in [0.3, 0.4) is 0 Å². The predicted octanol–water partition coefficient (Wildman–Crippen LogP) is 3.20. The molecule has 0 N–H and O–H groups in total. The van der Waals surface area contributed by atoms with Crippen LogP contribution in [0.15, 0.2) is 27.5 Å². The van der Waals surface area contributed by atoms with E-state index in [-0.39, 0.29) is 5.69 Å². The second-order valence-electron chi connectivity index (χ2n) is 4.38. The largest absolute Gasteiger partial charge is 0.348 e. The van der Waals surface area contributed by atoms with Gasteiger partial charge in [-0.05, 0) is 47.5 Å². The maximum absolute atomic E-state index is 12.0. The molecule has 0 atom stereocenters. The molecule has 0 amide bonds. The standard InChI is InChI=1S/C14H11BrClN3O/c1-8-13(15)9(2)19(14(20)18-8)7-11-4-3-10(6-17)5-12(11)16/h3-5H,7H2,1-2H3. The minimum absolute atomic E-state index is 0.316. The Kier molecular flexibility index (Phi) is 4.26. The predicted molar refractivity (Wildman–Crippen MR) is 80.9 cm³/mol. The van der Waals surface area contributed by atoms with E-state index in [1.54, 1.807) is 29.7 Å². The van der Waals surface area contributed by atoms with Crippen molar-refractivity contribution in [3.8, 4) is 6.07 Å². The third kappa shape index (κ3) is 2.77. The van der Waals surface area contributed by atoms with Crippen LogP contribution in [-0.2, 0) is 6.54 Å². The van der Waals surface area contributed by atoms with Gasteiger partial charge in [0.1, 0.15) is 0 Å². The summed E-state index contributed by atoms with van der Waals surface area (Å²) in [6, 6.07) is 7.05. The Bertz CT molecular complexity index is 777. The fourth-order valence-electron chi connectivity index (χ4n) is 1.88. The highest BCUT2D eigenvalue weighted by atomic mass is 79.9. The highest BCUT2D eigenvalue weighted by Crippen LogP contribution is 2.21. The normalized spacial score (nSPS) is 10.3. The molecule has 0 fully saturated rings. The molecule has 1 aromatic heterocycles. The van der Waals surface area contributed by atoms with E-state index in [2.05, 4.69) is 20.9 Å². The number of nitriles is 1. The summed E-state index contributed by atoms with van der Waals surface area (Å²) in [6.45, 7) is 3.94. The molecular formula is C14H11BrClN3O. The molecule has 1 heterocycles. The van der Waals surface area contributed by atoms with Gasteiger partial charge in [-0.15, -0.1) is 0 Å². The number of benzene rings is 1. The lowest BCUT2D eigenvalue weighted by Crippen LogP contribution is -2.27. The first-order chi connectivity index (χ1) is 9.43. The average Bonchev–Trinajstić information content (AvgIpc) is 2.42. The topological polar surface area (TPSA) is 58.7 Å². The van der Waals surface area contributed by atoms with Crippen molar-refractivity contribution in [2.75, 3.05) is 0 Å². The Morgan fingerprint density at radius 1 is 1.45 bits per heavy atom. The molecule has 20 heavy (non-hydrogen) atoms. The lowest BCUT2D eigenvalue weighted by atomic mass is 10.1. The molecule has 0 saturated heterocycles. The van der Waals surface area contributed by atoms with E-state index in [0.29, 0.717) is 22.8 Å². The van der Waals surface area contributed by atoms with Gasteiger partial charge in [0.05, 0.1) is 28.3 Å². The maximum atomic E-state index is 12.0. The molecule has 1 aromatic carbocycles. The van der Waals surface area contributed by atoms with Crippen LogP contribution in [0.5, 0.6) is 0 Å². The van der Waals surface area contributed by atoms with Crippen LogP contribution in [0.1, 0.15) is 22.5 Å². The fraction of sp³-hybridized carbons (Fsp3) is 0.214. The van der Waals surface area contributed by atoms with E-state index in [1.165, 1.54) is 0 Å². The highest BCUT2D eigenvalue weighted by Gasteiger charge is 2.11. The van der Waals surface area contributed by atoms with Crippen molar-refractivity contribution in [1.82, 2.24) is 9.55 Å². The molecule has 6 heteroatoms. The molecule has 0 radical (unpaired) electrons. The van der Waals surface area contributed by atoms with Gasteiger partial charge in [-0.25, -0.2) is 4.79 Å². The molecule has 4 nitrogen and oxygen atoms in total. The zero-order valence-electron chi connectivity index (χ0n) is 10.9. The Morgan fingerprint density at radius 2 is 2.15 bits per heavy atom. The minimum atomic E-state index is -0.316. The summed E-state index contributed by atoms with van der Waals surface area (Å²) < 4.78 is 2.35. The van der Waals surface area contributed by atoms with Gasteiger partial charge < -0.3 is 0 Å². The van der Waals surface area contributed by atoms with Crippen molar-refractivity contribution < 1.29 is 0 Å². The van der Waals surface area contributed by atoms with Gasteiger partial charge in [0, 0.05) is 10.7 Å². The van der Waals surface area contributed by atoms with E-state index in [4.69, 9.17) is 16.9 Å². The molecule has 0 aliphatic heterocycles. The van der Waals surface area contributed by atoms with Crippen LogP contribution in [0, 0.1) is 25.2 Å². The van der Waals surface area contributed by atoms with Gasteiger partial charge in [0.15, 0.2) is 0 Å². The Balaban J connectivity index is 2.49. The van der Waals surface area contributed by atoms with Gasteiger partial charge in [-0.3, -0.25) is 4.57 Å². The van der Waals surface area contributed by atoms with Gasteiger partial charge >= 0.3 is 5.69 Å². The third-order valence-corrected chi connectivity index (χ3v) is 4.54. The monoisotopic (exact) mass is 351 g/mol. The van der Waals surface area contributed by atoms with Crippen molar-refractivity contribution in [3.05, 3.63) is 60.7 Å². The van der Waals surface area contributed by atoms with E-state index in [0.717, 1.165) is 15.7 Å². The molecule has 0 aliphatic rings. The van der Waals surface area contributed by atoms with Crippen molar-refractivity contribution in [2.45, 2.75) is 20.4 Å². The molecule has 0 aliphatic carbocycles. The van der Waals surface area contributed by atoms with Gasteiger partial charge in [0.2, 0.25) is 0 Å². The smallest absolute Gasteiger partial charge is 0.291 e. The quantitative estimate of drug-likeness (QED) is 0.834. The molecule has 0 bridgehead atoms. The first-order valence-electron chi connectivity index (χ1n) is 5.86. The Labute approximate surface area is 129 Å². The molecular weight excluding hydrogens is 342 g/mol. The number of halogens is 2. The van der Waals surface area contributed by atoms with Crippen LogP contribution in [0.2, 0.25) is 5.02 Å². The maximum Gasteiger partial charge on any atom is 0.348 e. The summed E-state index contributed by atoms with van der Waals surface area (Å²) in [6.07, 6.45) is 0. The van der Waals surface area contributed by atoms with E-state index >= 15 is 0 Å². The molecule has 2 aromatic rings. The third-order valence-electron chi connectivity index (χ3n) is 3.05. The molecule has 0 saturated carbocycles. The van der Waals surface area contributed by atoms with Gasteiger partial charge in [-0.2, -0.15) is 10.2 Å². The lowest BCUT2D eigenvalue weighted by Gasteiger charge is -2.13. The number of aryl methyl sites for hydroxylation is 1. The van der Waals surface area contributed by atoms with E-state index < -0.39 is 0 Å². The Morgan fingerprint density at radius 3 is 2.75 bits per heavy atom. The zero-order valence-corrected chi connectivity index (χ0v) is 13.3. The van der Waals surface area contributed by atoms with Gasteiger partial charge in [0.25, 0.3) is 0 Å². The summed E-state index contributed by atoms with van der Waals surface area (Å²) in [4.78, 5) is 15.9. The molecule has 0 unspecified atom stereocenters. The number of hydrogen-bond acceptors (Lipinski definition) is 3. The zero-order chi connectivity index (χ0) is 14.9. The first-order valence-corrected chi connectivity index (χ1v) is 7.03. The lowest BCUT2D eigenvalue weighted by molar-refractivity contribution is 0.688. The molecule has 2 rings (SSSR count). The average molecular weight is 353 g/mol. The van der Waals surface area contributed by atoms with Crippen LogP contribution in [0.4, 0.5) is 0 Å². The van der Waals surface area contributed by atoms with Crippen molar-refractivity contribution >= 4 is 27.5 Å². The summed E-state index contributed by atoms with van der Waals surface area (Å²) in [5.74, 6) is 0. The first kappa shape index (κ1) is 14.8. The van der Waals surface area contributed by atoms with E-state index in [1.807, 2.05) is 13.0 Å². The SMILES string of the molecule is Cc1nc(=O)n(Cc2ccc(C#N)cc2Cl)c(C)c1Br. The molecule has 102 valence electrons. The number of aromatic nitrogens is 2. The van der Waals surface area contributed by atoms with Crippen molar-refractivity contribution in [2.24, 2.45) is 0 Å². The highest BCUT2D eigenvalue weighted by molar-refractivity contribution is 9.10. The van der Waals surface area contributed by atoms with Crippen LogP contribution in [0.25, 0.3) is 0 Å². The van der Waals surface area contributed by atoms with Crippen molar-refractivity contribution in [1.29, 1.82) is 5.26 Å². The summed E-state index contributed by atoms with van der Waals surface area (Å²) >= 11 is 9.56. The second-order valence-corrected chi connectivity index (χ2v) is 5.58. The second kappa shape index (κ2) is 5.78. The molecule has 0 spiro atoms. The van der Waals surface area contributed by atoms with Crippen LogP contribution >= 0.6 is 27.5 Å². The van der Waals surface area contributed by atoms with E-state index in [9.17, 15) is 4.79 Å². The fourth-order valence-corrected chi connectivity index (χ4v) is 2.42. The number of rotatable bonds is 2.